The molecule has 3 rings (SSSR count). The Bertz CT molecular complexity index is 950. The number of amidine groups is 1. The minimum Gasteiger partial charge on any atom is -0.337 e. The maximum atomic E-state index is 13.3. The van der Waals surface area contributed by atoms with E-state index in [4.69, 9.17) is 0 Å². The number of carbonyl (C=O) groups is 1. The van der Waals surface area contributed by atoms with Crippen LogP contribution in [0, 0.1) is 5.82 Å². The number of alkyl halides is 3. The van der Waals surface area contributed by atoms with Crippen LogP contribution in [-0.4, -0.2) is 43.5 Å². The summed E-state index contributed by atoms with van der Waals surface area (Å²) in [6.07, 6.45) is -1.13. The van der Waals surface area contributed by atoms with E-state index in [1.807, 2.05) is 5.32 Å². The molecule has 11 heteroatoms. The van der Waals surface area contributed by atoms with Gasteiger partial charge in [0.2, 0.25) is 0 Å². The number of carbonyl (C=O) groups excluding carboxylic acids is 1. The third kappa shape index (κ3) is 4.35. The smallest absolute Gasteiger partial charge is 0.337 e. The Morgan fingerprint density at radius 3 is 2.48 bits per heavy atom. The number of sulfonamides is 1. The summed E-state index contributed by atoms with van der Waals surface area (Å²) in [7, 11) is -3.58. The van der Waals surface area contributed by atoms with Crippen LogP contribution in [0.15, 0.2) is 52.6 Å². The molecule has 1 aromatic carbocycles. The predicted octanol–water partition coefficient (Wildman–Crippen LogP) is 2.04. The molecule has 1 aromatic rings. The van der Waals surface area contributed by atoms with Gasteiger partial charge in [-0.3, -0.25) is 4.79 Å². The highest BCUT2D eigenvalue weighted by Gasteiger charge is 2.42. The lowest BCUT2D eigenvalue weighted by atomic mass is 10.1. The number of nitrogens with one attached hydrogen (secondary N) is 1. The molecular formula is C16H13F4N3O3S. The summed E-state index contributed by atoms with van der Waals surface area (Å²) in [6.45, 7) is 0.0307. The van der Waals surface area contributed by atoms with Gasteiger partial charge in [-0.2, -0.15) is 13.2 Å². The van der Waals surface area contributed by atoms with Gasteiger partial charge in [-0.1, -0.05) is 12.1 Å². The summed E-state index contributed by atoms with van der Waals surface area (Å²) in [5, 5.41) is 1.88. The maximum Gasteiger partial charge on any atom is 0.412 e. The van der Waals surface area contributed by atoms with Gasteiger partial charge in [0.05, 0.1) is 11.3 Å². The van der Waals surface area contributed by atoms with Crippen molar-refractivity contribution in [1.82, 2.24) is 10.2 Å². The minimum atomic E-state index is -4.79. The van der Waals surface area contributed by atoms with Crippen molar-refractivity contribution in [2.75, 3.05) is 12.3 Å². The molecule has 1 N–H and O–H groups in total. The summed E-state index contributed by atoms with van der Waals surface area (Å²) in [4.78, 5) is 13.7. The van der Waals surface area contributed by atoms with Crippen molar-refractivity contribution in [3.63, 3.8) is 0 Å². The molecule has 0 saturated carbocycles. The van der Waals surface area contributed by atoms with E-state index in [1.165, 1.54) is 23.3 Å². The third-order valence-corrected chi connectivity index (χ3v) is 5.06. The normalized spacial score (nSPS) is 19.6. The number of hydrogen-bond donors (Lipinski definition) is 1. The molecule has 0 spiro atoms. The van der Waals surface area contributed by atoms with Gasteiger partial charge in [-0.25, -0.2) is 12.8 Å². The SMILES string of the molecule is O=C(NC(c1ccc(F)cc1)C(F)(F)F)C1=CN2CCS(=O)(=O)N=C2C=C1. The quantitative estimate of drug-likeness (QED) is 0.784. The van der Waals surface area contributed by atoms with Crippen molar-refractivity contribution < 1.29 is 30.8 Å². The third-order valence-electron chi connectivity index (χ3n) is 3.89. The van der Waals surface area contributed by atoms with Crippen LogP contribution < -0.4 is 5.32 Å². The van der Waals surface area contributed by atoms with Crippen molar-refractivity contribution in [3.05, 3.63) is 59.6 Å². The lowest BCUT2D eigenvalue weighted by Crippen LogP contribution is -2.41. The molecule has 2 aliphatic heterocycles. The predicted molar refractivity (Wildman–Crippen MR) is 88.5 cm³/mol. The second kappa shape index (κ2) is 6.80. The highest BCUT2D eigenvalue weighted by atomic mass is 32.2. The van der Waals surface area contributed by atoms with E-state index in [0.717, 1.165) is 24.3 Å². The molecule has 1 atom stereocenters. The number of fused-ring (bicyclic) bond motifs is 1. The maximum absolute atomic E-state index is 13.3. The fourth-order valence-corrected chi connectivity index (χ4v) is 3.53. The van der Waals surface area contributed by atoms with Gasteiger partial charge in [-0.15, -0.1) is 4.40 Å². The molecule has 0 aromatic heterocycles. The Balaban J connectivity index is 1.82. The highest BCUT2D eigenvalue weighted by molar-refractivity contribution is 7.90. The Morgan fingerprint density at radius 1 is 1.19 bits per heavy atom. The molecule has 2 heterocycles. The average Bonchev–Trinajstić information content (AvgIpc) is 2.58. The van der Waals surface area contributed by atoms with E-state index in [1.54, 1.807) is 0 Å². The van der Waals surface area contributed by atoms with Crippen LogP contribution in [0.3, 0.4) is 0 Å². The Labute approximate surface area is 151 Å². The van der Waals surface area contributed by atoms with E-state index < -0.39 is 34.0 Å². The summed E-state index contributed by atoms with van der Waals surface area (Å²) >= 11 is 0. The minimum absolute atomic E-state index is 0.0307. The van der Waals surface area contributed by atoms with Crippen LogP contribution in [0.5, 0.6) is 0 Å². The first-order valence-corrected chi connectivity index (χ1v) is 9.28. The van der Waals surface area contributed by atoms with E-state index >= 15 is 0 Å². The summed E-state index contributed by atoms with van der Waals surface area (Å²) in [5.74, 6) is -1.89. The summed E-state index contributed by atoms with van der Waals surface area (Å²) < 4.78 is 79.4. The Morgan fingerprint density at radius 2 is 1.85 bits per heavy atom. The zero-order chi connectivity index (χ0) is 19.8. The van der Waals surface area contributed by atoms with E-state index in [9.17, 15) is 30.8 Å². The Kier molecular flexibility index (Phi) is 4.81. The molecule has 1 amide bonds. The monoisotopic (exact) mass is 403 g/mol. The molecule has 144 valence electrons. The van der Waals surface area contributed by atoms with Crippen molar-refractivity contribution in [2.45, 2.75) is 12.2 Å². The molecule has 0 radical (unpaired) electrons. The van der Waals surface area contributed by atoms with Gasteiger partial charge in [0.1, 0.15) is 11.7 Å². The average molecular weight is 403 g/mol. The summed E-state index contributed by atoms with van der Waals surface area (Å²) in [5.41, 5.74) is -0.409. The molecule has 0 aliphatic carbocycles. The zero-order valence-corrected chi connectivity index (χ0v) is 14.4. The molecule has 2 aliphatic rings. The fraction of sp³-hybridized carbons (Fsp3) is 0.250. The van der Waals surface area contributed by atoms with Gasteiger partial charge < -0.3 is 10.2 Å². The van der Waals surface area contributed by atoms with Crippen LogP contribution in [0.1, 0.15) is 11.6 Å². The van der Waals surface area contributed by atoms with Crippen LogP contribution in [0.4, 0.5) is 17.6 Å². The van der Waals surface area contributed by atoms with Gasteiger partial charge in [0, 0.05) is 12.7 Å². The topological polar surface area (TPSA) is 78.8 Å². The second-order valence-electron chi connectivity index (χ2n) is 5.85. The number of halogens is 4. The van der Waals surface area contributed by atoms with Crippen molar-refractivity contribution >= 4 is 21.8 Å². The van der Waals surface area contributed by atoms with Crippen LogP contribution in [-0.2, 0) is 14.8 Å². The first-order valence-electron chi connectivity index (χ1n) is 7.67. The van der Waals surface area contributed by atoms with E-state index in [-0.39, 0.29) is 29.3 Å². The number of benzene rings is 1. The number of nitrogens with zero attached hydrogens (tertiary/aromatic N) is 2. The number of amides is 1. The lowest BCUT2D eigenvalue weighted by molar-refractivity contribution is -0.162. The van der Waals surface area contributed by atoms with Crippen LogP contribution in [0.25, 0.3) is 0 Å². The van der Waals surface area contributed by atoms with Crippen LogP contribution in [0.2, 0.25) is 0 Å². The Hall–Kier alpha value is -2.69. The first kappa shape index (κ1) is 19.1. The lowest BCUT2D eigenvalue weighted by Gasteiger charge is -2.28. The van der Waals surface area contributed by atoms with Crippen molar-refractivity contribution in [2.24, 2.45) is 4.40 Å². The van der Waals surface area contributed by atoms with Gasteiger partial charge >= 0.3 is 6.18 Å². The standard InChI is InChI=1S/C16H13F4N3O3S/c17-12-4-1-10(2-5-12)14(16(18,19)20)21-15(24)11-3-6-13-22-27(25,26)8-7-23(13)9-11/h1-6,9,14H,7-8H2,(H,21,24). The van der Waals surface area contributed by atoms with Crippen LogP contribution >= 0.6 is 0 Å². The number of rotatable bonds is 3. The first-order chi connectivity index (χ1) is 12.5. The molecule has 6 nitrogen and oxygen atoms in total. The molecule has 0 bridgehead atoms. The molecule has 0 saturated heterocycles. The molecule has 27 heavy (non-hydrogen) atoms. The van der Waals surface area contributed by atoms with Crippen molar-refractivity contribution in [1.29, 1.82) is 0 Å². The highest BCUT2D eigenvalue weighted by Crippen LogP contribution is 2.33. The molecule has 0 fully saturated rings. The van der Waals surface area contributed by atoms with Gasteiger partial charge in [0.25, 0.3) is 15.9 Å². The zero-order valence-electron chi connectivity index (χ0n) is 13.6. The van der Waals surface area contributed by atoms with Crippen molar-refractivity contribution in [3.8, 4) is 0 Å². The fourth-order valence-electron chi connectivity index (χ4n) is 2.56. The van der Waals surface area contributed by atoms with E-state index in [2.05, 4.69) is 4.40 Å². The van der Waals surface area contributed by atoms with Gasteiger partial charge in [0.15, 0.2) is 6.04 Å². The largest absolute Gasteiger partial charge is 0.412 e. The summed E-state index contributed by atoms with van der Waals surface area (Å²) in [6, 6.07) is 1.31. The number of hydrogen-bond acceptors (Lipinski definition) is 4. The van der Waals surface area contributed by atoms with Gasteiger partial charge in [-0.05, 0) is 29.8 Å². The molecular weight excluding hydrogens is 390 g/mol. The molecule has 1 unspecified atom stereocenters. The van der Waals surface area contributed by atoms with E-state index in [0.29, 0.717) is 0 Å². The second-order valence-corrected chi connectivity index (χ2v) is 7.60.